The van der Waals surface area contributed by atoms with E-state index < -0.39 is 0 Å². The highest BCUT2D eigenvalue weighted by molar-refractivity contribution is 7.99. The Morgan fingerprint density at radius 3 is 2.84 bits per heavy atom. The van der Waals surface area contributed by atoms with Crippen molar-refractivity contribution in [3.05, 3.63) is 54.1 Å². The van der Waals surface area contributed by atoms with Crippen LogP contribution in [0.3, 0.4) is 0 Å². The molecule has 2 heterocycles. The molecule has 0 bridgehead atoms. The van der Waals surface area contributed by atoms with Gasteiger partial charge in [-0.15, -0.1) is 11.8 Å². The molecule has 130 valence electrons. The third kappa shape index (κ3) is 3.69. The van der Waals surface area contributed by atoms with Gasteiger partial charge in [-0.3, -0.25) is 0 Å². The molecule has 0 aromatic heterocycles. The van der Waals surface area contributed by atoms with Gasteiger partial charge < -0.3 is 20.1 Å². The summed E-state index contributed by atoms with van der Waals surface area (Å²) >= 11 is 1.84. The van der Waals surface area contributed by atoms with E-state index in [1.165, 1.54) is 10.5 Å². The average molecular weight is 356 g/mol. The summed E-state index contributed by atoms with van der Waals surface area (Å²) < 4.78 is 11.5. The molecule has 2 aliphatic heterocycles. The van der Waals surface area contributed by atoms with Crippen molar-refractivity contribution in [3.63, 3.8) is 0 Å². The molecule has 0 aliphatic carbocycles. The predicted molar refractivity (Wildman–Crippen MR) is 97.4 cm³/mol. The van der Waals surface area contributed by atoms with Gasteiger partial charge in [0.15, 0.2) is 17.6 Å². The lowest BCUT2D eigenvalue weighted by Crippen LogP contribution is -2.45. The lowest BCUT2D eigenvalue weighted by molar-refractivity contribution is 0.0917. The molecule has 0 radical (unpaired) electrons. The normalized spacial score (nSPS) is 21.1. The third-order valence-electron chi connectivity index (χ3n) is 4.32. The number of rotatable bonds is 3. The van der Waals surface area contributed by atoms with Gasteiger partial charge in [0.25, 0.3) is 0 Å². The van der Waals surface area contributed by atoms with Gasteiger partial charge in [-0.25, -0.2) is 4.79 Å². The Balaban J connectivity index is 1.31. The van der Waals surface area contributed by atoms with Gasteiger partial charge in [-0.2, -0.15) is 0 Å². The lowest BCUT2D eigenvalue weighted by Gasteiger charge is -2.28. The minimum absolute atomic E-state index is 0.0571. The van der Waals surface area contributed by atoms with Crippen molar-refractivity contribution in [2.75, 3.05) is 18.9 Å². The van der Waals surface area contributed by atoms with Crippen LogP contribution in [0.15, 0.2) is 53.4 Å². The number of hydrogen-bond acceptors (Lipinski definition) is 4. The maximum Gasteiger partial charge on any atom is 0.315 e. The van der Waals surface area contributed by atoms with E-state index in [0.29, 0.717) is 13.2 Å². The van der Waals surface area contributed by atoms with E-state index in [1.807, 2.05) is 48.2 Å². The summed E-state index contributed by atoms with van der Waals surface area (Å²) in [4.78, 5) is 13.5. The molecule has 2 aromatic carbocycles. The Bertz CT molecular complexity index is 768. The Morgan fingerprint density at radius 1 is 1.12 bits per heavy atom. The van der Waals surface area contributed by atoms with Gasteiger partial charge in [-0.1, -0.05) is 30.3 Å². The zero-order valence-corrected chi connectivity index (χ0v) is 14.6. The number of para-hydroxylation sites is 2. The molecule has 2 unspecified atom stereocenters. The van der Waals surface area contributed by atoms with Crippen LogP contribution in [-0.4, -0.2) is 31.0 Å². The fourth-order valence-electron chi connectivity index (χ4n) is 3.07. The first kappa shape index (κ1) is 16.1. The molecule has 2 atom stereocenters. The number of benzene rings is 2. The van der Waals surface area contributed by atoms with E-state index in [1.54, 1.807) is 0 Å². The van der Waals surface area contributed by atoms with E-state index in [0.717, 1.165) is 23.7 Å². The van der Waals surface area contributed by atoms with Crippen LogP contribution in [0.4, 0.5) is 4.79 Å². The number of fused-ring (bicyclic) bond motifs is 2. The van der Waals surface area contributed by atoms with Gasteiger partial charge in [0.05, 0.1) is 12.6 Å². The first-order valence-electron chi connectivity index (χ1n) is 8.44. The number of amides is 2. The molecule has 0 fully saturated rings. The topological polar surface area (TPSA) is 59.6 Å². The Morgan fingerprint density at radius 2 is 1.92 bits per heavy atom. The summed E-state index contributed by atoms with van der Waals surface area (Å²) in [6.45, 7) is 0.837. The van der Waals surface area contributed by atoms with Crippen LogP contribution in [0.25, 0.3) is 0 Å². The second-order valence-corrected chi connectivity index (χ2v) is 7.22. The van der Waals surface area contributed by atoms with Gasteiger partial charge in [0.2, 0.25) is 0 Å². The predicted octanol–water partition coefficient (Wildman–Crippen LogP) is 3.36. The fraction of sp³-hybridized carbons (Fsp3) is 0.316. The van der Waals surface area contributed by atoms with Crippen LogP contribution < -0.4 is 20.1 Å². The fourth-order valence-corrected chi connectivity index (χ4v) is 4.20. The van der Waals surface area contributed by atoms with E-state index >= 15 is 0 Å². The second kappa shape index (κ2) is 7.27. The number of urea groups is 1. The summed E-state index contributed by atoms with van der Waals surface area (Å²) in [5.41, 5.74) is 1.19. The number of nitrogens with one attached hydrogen (secondary N) is 2. The van der Waals surface area contributed by atoms with Gasteiger partial charge in [-0.05, 0) is 30.2 Å². The van der Waals surface area contributed by atoms with Crippen LogP contribution in [0.2, 0.25) is 0 Å². The number of carbonyl (C=O) groups excluding carboxylic acids is 1. The number of carbonyl (C=O) groups is 1. The van der Waals surface area contributed by atoms with E-state index in [2.05, 4.69) is 22.8 Å². The van der Waals surface area contributed by atoms with Crippen molar-refractivity contribution in [3.8, 4) is 11.5 Å². The molecule has 2 N–H and O–H groups in total. The molecular formula is C19H20N2O3S. The highest BCUT2D eigenvalue weighted by Gasteiger charge is 2.24. The van der Waals surface area contributed by atoms with Crippen LogP contribution in [0.1, 0.15) is 18.0 Å². The summed E-state index contributed by atoms with van der Waals surface area (Å²) in [5.74, 6) is 2.48. The van der Waals surface area contributed by atoms with E-state index in [9.17, 15) is 4.79 Å². The monoisotopic (exact) mass is 356 g/mol. The minimum Gasteiger partial charge on any atom is -0.486 e. The number of thioether (sulfide) groups is 1. The van der Waals surface area contributed by atoms with Crippen molar-refractivity contribution in [1.29, 1.82) is 0 Å². The van der Waals surface area contributed by atoms with Crippen LogP contribution >= 0.6 is 11.8 Å². The van der Waals surface area contributed by atoms with Gasteiger partial charge in [0.1, 0.15) is 6.61 Å². The van der Waals surface area contributed by atoms with Crippen LogP contribution in [-0.2, 0) is 0 Å². The Kier molecular flexibility index (Phi) is 4.70. The lowest BCUT2D eigenvalue weighted by atomic mass is 10.0. The van der Waals surface area contributed by atoms with Crippen LogP contribution in [0.5, 0.6) is 11.5 Å². The first-order chi connectivity index (χ1) is 12.3. The summed E-state index contributed by atoms with van der Waals surface area (Å²) in [7, 11) is 0. The molecule has 2 aliphatic rings. The highest BCUT2D eigenvalue weighted by atomic mass is 32.2. The molecule has 4 rings (SSSR count). The number of ether oxygens (including phenoxy) is 2. The highest BCUT2D eigenvalue weighted by Crippen LogP contribution is 2.35. The van der Waals surface area contributed by atoms with E-state index in [-0.39, 0.29) is 18.2 Å². The molecule has 0 saturated carbocycles. The zero-order valence-electron chi connectivity index (χ0n) is 13.7. The molecule has 6 heteroatoms. The second-order valence-electron chi connectivity index (χ2n) is 6.08. The Labute approximate surface area is 151 Å². The minimum atomic E-state index is -0.185. The van der Waals surface area contributed by atoms with Crippen molar-refractivity contribution in [2.24, 2.45) is 0 Å². The molecule has 2 aromatic rings. The maximum absolute atomic E-state index is 12.3. The van der Waals surface area contributed by atoms with Crippen molar-refractivity contribution >= 4 is 17.8 Å². The smallest absolute Gasteiger partial charge is 0.315 e. The molecule has 5 nitrogen and oxygen atoms in total. The van der Waals surface area contributed by atoms with Gasteiger partial charge >= 0.3 is 6.03 Å². The molecule has 25 heavy (non-hydrogen) atoms. The van der Waals surface area contributed by atoms with Crippen molar-refractivity contribution in [2.45, 2.75) is 23.5 Å². The van der Waals surface area contributed by atoms with E-state index in [4.69, 9.17) is 9.47 Å². The van der Waals surface area contributed by atoms with Gasteiger partial charge in [0, 0.05) is 10.6 Å². The largest absolute Gasteiger partial charge is 0.486 e. The summed E-state index contributed by atoms with van der Waals surface area (Å²) in [5, 5.41) is 5.97. The van der Waals surface area contributed by atoms with Crippen molar-refractivity contribution in [1.82, 2.24) is 10.6 Å². The third-order valence-corrected chi connectivity index (χ3v) is 5.44. The summed E-state index contributed by atoms with van der Waals surface area (Å²) in [6.07, 6.45) is 0.751. The molecule has 2 amide bonds. The Hall–Kier alpha value is -2.34. The maximum atomic E-state index is 12.3. The SMILES string of the molecule is O=C(NCC1COc2ccccc2O1)NC1CCSc2ccccc21. The van der Waals surface area contributed by atoms with Crippen LogP contribution in [0, 0.1) is 0 Å². The standard InChI is InChI=1S/C19H20N2O3S/c22-19(21-15-9-10-25-18-8-4-1-5-14(15)18)20-11-13-12-23-16-6-2-3-7-17(16)24-13/h1-8,13,15H,9-12H2,(H2,20,21,22). The average Bonchev–Trinajstić information content (AvgIpc) is 2.66. The quantitative estimate of drug-likeness (QED) is 0.885. The molecule has 0 saturated heterocycles. The van der Waals surface area contributed by atoms with Crippen molar-refractivity contribution < 1.29 is 14.3 Å². The number of hydrogen-bond donors (Lipinski definition) is 2. The molecular weight excluding hydrogens is 336 g/mol. The summed E-state index contributed by atoms with van der Waals surface area (Å²) in [6, 6.07) is 15.7. The molecule has 0 spiro atoms. The zero-order chi connectivity index (χ0) is 17.1. The first-order valence-corrected chi connectivity index (χ1v) is 9.43.